The number of halogens is 5. The second kappa shape index (κ2) is 7.07. The van der Waals surface area contributed by atoms with E-state index in [1.807, 2.05) is 4.90 Å². The molecule has 0 unspecified atom stereocenters. The molecule has 0 saturated carbocycles. The van der Waals surface area contributed by atoms with Crippen molar-refractivity contribution in [2.75, 3.05) is 32.9 Å². The Morgan fingerprint density at radius 2 is 1.86 bits per heavy atom. The van der Waals surface area contributed by atoms with Gasteiger partial charge in [0.2, 0.25) is 0 Å². The monoisotopic (exact) mass is 368 g/mol. The third-order valence-electron chi connectivity index (χ3n) is 3.61. The maximum absolute atomic E-state index is 12.9. The molecule has 1 N–H and O–H groups in total. The highest BCUT2D eigenvalue weighted by molar-refractivity contribution is 9.10. The molecule has 0 aromatic heterocycles. The minimum absolute atomic E-state index is 0.202. The summed E-state index contributed by atoms with van der Waals surface area (Å²) >= 11 is 3.12. The molecule has 1 atom stereocenters. The van der Waals surface area contributed by atoms with Crippen LogP contribution in [0.15, 0.2) is 22.7 Å². The zero-order valence-electron chi connectivity index (χ0n) is 11.4. The van der Waals surface area contributed by atoms with Gasteiger partial charge in [-0.05, 0) is 30.2 Å². The molecule has 0 aliphatic carbocycles. The fourth-order valence-corrected chi connectivity index (χ4v) is 3.14. The van der Waals surface area contributed by atoms with E-state index in [2.05, 4.69) is 21.2 Å². The van der Waals surface area contributed by atoms with Crippen molar-refractivity contribution in [3.05, 3.63) is 33.8 Å². The second-order valence-electron chi connectivity index (χ2n) is 5.05. The molecule has 0 bridgehead atoms. The van der Waals surface area contributed by atoms with Crippen LogP contribution in [0.4, 0.5) is 17.6 Å². The van der Waals surface area contributed by atoms with Gasteiger partial charge >= 0.3 is 6.18 Å². The molecule has 1 aliphatic heterocycles. The van der Waals surface area contributed by atoms with Crippen LogP contribution in [0.2, 0.25) is 0 Å². The first-order valence-corrected chi connectivity index (χ1v) is 7.59. The van der Waals surface area contributed by atoms with Gasteiger partial charge in [0.25, 0.3) is 0 Å². The van der Waals surface area contributed by atoms with Gasteiger partial charge in [-0.2, -0.15) is 13.2 Å². The summed E-state index contributed by atoms with van der Waals surface area (Å²) in [6.45, 7) is 2.39. The number of hydrogen-bond acceptors (Lipinski definition) is 2. The van der Waals surface area contributed by atoms with Gasteiger partial charge in [-0.1, -0.05) is 15.9 Å². The van der Waals surface area contributed by atoms with E-state index in [1.165, 1.54) is 0 Å². The second-order valence-corrected chi connectivity index (χ2v) is 5.97. The lowest BCUT2D eigenvalue weighted by molar-refractivity contribution is -0.137. The highest BCUT2D eigenvalue weighted by Gasteiger charge is 2.32. The molecule has 0 amide bonds. The maximum atomic E-state index is 12.9. The average molecular weight is 369 g/mol. The Morgan fingerprint density at radius 1 is 1.19 bits per heavy atom. The molecule has 1 fully saturated rings. The molecule has 0 spiro atoms. The van der Waals surface area contributed by atoms with Crippen LogP contribution in [0.1, 0.15) is 23.6 Å². The normalized spacial score (nSPS) is 18.7. The van der Waals surface area contributed by atoms with Gasteiger partial charge in [0.15, 0.2) is 0 Å². The fourth-order valence-electron chi connectivity index (χ4n) is 2.63. The highest BCUT2D eigenvalue weighted by Crippen LogP contribution is 2.35. The third-order valence-corrected chi connectivity index (χ3v) is 4.06. The quantitative estimate of drug-likeness (QED) is 0.813. The van der Waals surface area contributed by atoms with Crippen LogP contribution < -0.4 is 5.32 Å². The van der Waals surface area contributed by atoms with Crippen molar-refractivity contribution in [1.82, 2.24) is 10.2 Å². The van der Waals surface area contributed by atoms with Gasteiger partial charge in [-0.3, -0.25) is 9.29 Å². The van der Waals surface area contributed by atoms with E-state index in [0.717, 1.165) is 25.2 Å². The molecule has 7 heteroatoms. The smallest absolute Gasteiger partial charge is 0.314 e. The molecule has 21 heavy (non-hydrogen) atoms. The summed E-state index contributed by atoms with van der Waals surface area (Å²) in [4.78, 5) is 2.04. The maximum Gasteiger partial charge on any atom is 0.416 e. The molecule has 0 radical (unpaired) electrons. The summed E-state index contributed by atoms with van der Waals surface area (Å²) in [5, 5.41) is 3.19. The minimum atomic E-state index is -4.40. The molecule has 2 nitrogen and oxygen atoms in total. The Balaban J connectivity index is 2.32. The Bertz CT molecular complexity index is 473. The summed E-state index contributed by atoms with van der Waals surface area (Å²) < 4.78 is 52.0. The van der Waals surface area contributed by atoms with Gasteiger partial charge in [0.05, 0.1) is 12.2 Å². The minimum Gasteiger partial charge on any atom is -0.314 e. The van der Waals surface area contributed by atoms with Crippen LogP contribution in [0, 0.1) is 0 Å². The van der Waals surface area contributed by atoms with Gasteiger partial charge < -0.3 is 5.32 Å². The molecule has 1 heterocycles. The molecule has 1 aromatic rings. The van der Waals surface area contributed by atoms with Crippen molar-refractivity contribution in [2.45, 2.75) is 18.6 Å². The van der Waals surface area contributed by atoms with Gasteiger partial charge in [-0.15, -0.1) is 0 Å². The van der Waals surface area contributed by atoms with Gasteiger partial charge in [0.1, 0.15) is 0 Å². The van der Waals surface area contributed by atoms with E-state index in [-0.39, 0.29) is 12.5 Å². The van der Waals surface area contributed by atoms with E-state index >= 15 is 0 Å². The summed E-state index contributed by atoms with van der Waals surface area (Å²) in [5.41, 5.74) is -0.192. The standard InChI is InChI=1S/C14H17BrF4N2/c15-12-8-10(7-11(9-12)14(17,18)19)13(1-2-16)21-5-3-20-4-6-21/h7-9,13,20H,1-6H2/t13-/m1/s1. The van der Waals surface area contributed by atoms with Crippen LogP contribution in [0.25, 0.3) is 0 Å². The highest BCUT2D eigenvalue weighted by atomic mass is 79.9. The molecular weight excluding hydrogens is 352 g/mol. The Kier molecular flexibility index (Phi) is 5.62. The fraction of sp³-hybridized carbons (Fsp3) is 0.571. The molecule has 1 saturated heterocycles. The van der Waals surface area contributed by atoms with Crippen LogP contribution in [0.5, 0.6) is 0 Å². The van der Waals surface area contributed by atoms with E-state index in [1.54, 1.807) is 6.07 Å². The lowest BCUT2D eigenvalue weighted by atomic mass is 9.99. The summed E-state index contributed by atoms with van der Waals surface area (Å²) in [5.74, 6) is 0. The van der Waals surface area contributed by atoms with E-state index < -0.39 is 18.4 Å². The molecular formula is C14H17BrF4N2. The molecule has 118 valence electrons. The van der Waals surface area contributed by atoms with Crippen molar-refractivity contribution < 1.29 is 17.6 Å². The Hall–Kier alpha value is -0.660. The third kappa shape index (κ3) is 4.40. The summed E-state index contributed by atoms with van der Waals surface area (Å²) in [6.07, 6.45) is -4.20. The average Bonchev–Trinajstić information content (AvgIpc) is 2.44. The van der Waals surface area contributed by atoms with Gasteiger partial charge in [0, 0.05) is 36.7 Å². The first-order valence-electron chi connectivity index (χ1n) is 6.80. The van der Waals surface area contributed by atoms with Crippen molar-refractivity contribution in [2.24, 2.45) is 0 Å². The van der Waals surface area contributed by atoms with Crippen molar-refractivity contribution >= 4 is 15.9 Å². The number of piperazine rings is 1. The molecule has 1 aliphatic rings. The van der Waals surface area contributed by atoms with E-state index in [9.17, 15) is 17.6 Å². The number of alkyl halides is 4. The van der Waals surface area contributed by atoms with Crippen LogP contribution in [-0.2, 0) is 6.18 Å². The molecule has 2 rings (SSSR count). The van der Waals surface area contributed by atoms with Crippen molar-refractivity contribution in [3.63, 3.8) is 0 Å². The zero-order valence-corrected chi connectivity index (χ0v) is 13.0. The van der Waals surface area contributed by atoms with Crippen LogP contribution in [-0.4, -0.2) is 37.8 Å². The van der Waals surface area contributed by atoms with Crippen molar-refractivity contribution in [3.8, 4) is 0 Å². The van der Waals surface area contributed by atoms with Crippen LogP contribution >= 0.6 is 15.9 Å². The van der Waals surface area contributed by atoms with Crippen molar-refractivity contribution in [1.29, 1.82) is 0 Å². The van der Waals surface area contributed by atoms with E-state index in [0.29, 0.717) is 23.1 Å². The Morgan fingerprint density at radius 3 is 2.43 bits per heavy atom. The Labute approximate surface area is 129 Å². The predicted octanol–water partition coefficient (Wildman–Crippen LogP) is 3.77. The number of nitrogens with one attached hydrogen (secondary N) is 1. The van der Waals surface area contributed by atoms with E-state index in [4.69, 9.17) is 0 Å². The zero-order chi connectivity index (χ0) is 15.5. The SMILES string of the molecule is FCC[C@H](c1cc(Br)cc(C(F)(F)F)c1)N1CCNCC1. The number of benzene rings is 1. The number of nitrogens with zero attached hydrogens (tertiary/aromatic N) is 1. The number of hydrogen-bond donors (Lipinski definition) is 1. The lowest BCUT2D eigenvalue weighted by Gasteiger charge is -2.35. The molecule has 1 aromatic carbocycles. The predicted molar refractivity (Wildman–Crippen MR) is 76.9 cm³/mol. The first kappa shape index (κ1) is 16.7. The summed E-state index contributed by atoms with van der Waals surface area (Å²) in [6, 6.07) is 3.51. The summed E-state index contributed by atoms with van der Waals surface area (Å²) in [7, 11) is 0. The topological polar surface area (TPSA) is 15.3 Å². The van der Waals surface area contributed by atoms with Gasteiger partial charge in [-0.25, -0.2) is 0 Å². The number of rotatable bonds is 4. The van der Waals surface area contributed by atoms with Crippen LogP contribution in [0.3, 0.4) is 0 Å². The first-order chi connectivity index (χ1) is 9.91. The lowest BCUT2D eigenvalue weighted by Crippen LogP contribution is -2.45. The largest absolute Gasteiger partial charge is 0.416 e.